The van der Waals surface area contributed by atoms with Crippen molar-refractivity contribution in [3.05, 3.63) is 6.20 Å². The molecule has 3 rings (SSSR count). The molecule has 20 heavy (non-hydrogen) atoms. The molecular formula is C11H18N4O4S. The zero-order chi connectivity index (χ0) is 14.4. The lowest BCUT2D eigenvalue weighted by Gasteiger charge is -2.36. The van der Waals surface area contributed by atoms with Gasteiger partial charge in [-0.1, -0.05) is 0 Å². The Balaban J connectivity index is 1.78. The molecule has 2 fully saturated rings. The Morgan fingerprint density at radius 1 is 1.30 bits per heavy atom. The van der Waals surface area contributed by atoms with E-state index in [1.165, 1.54) is 15.2 Å². The van der Waals surface area contributed by atoms with E-state index < -0.39 is 15.8 Å². The van der Waals surface area contributed by atoms with Crippen LogP contribution in [0.5, 0.6) is 0 Å². The number of aryl methyl sites for hydroxylation is 1. The first kappa shape index (κ1) is 13.8. The second kappa shape index (κ2) is 4.69. The monoisotopic (exact) mass is 302 g/mol. The summed E-state index contributed by atoms with van der Waals surface area (Å²) in [4.78, 5) is 0.0595. The summed E-state index contributed by atoms with van der Waals surface area (Å²) in [6.07, 6.45) is 2.50. The summed E-state index contributed by atoms with van der Waals surface area (Å²) < 4.78 is 39.1. The molecule has 0 saturated carbocycles. The van der Waals surface area contributed by atoms with E-state index in [-0.39, 0.29) is 10.7 Å². The largest absolute Gasteiger partial charge is 0.381 e. The lowest BCUT2D eigenvalue weighted by atomic mass is 10.1. The molecule has 3 heterocycles. The van der Waals surface area contributed by atoms with Crippen LogP contribution in [0.3, 0.4) is 0 Å². The number of ether oxygens (including phenoxy) is 2. The van der Waals surface area contributed by atoms with Crippen LogP contribution >= 0.6 is 0 Å². The summed E-state index contributed by atoms with van der Waals surface area (Å²) in [6.45, 7) is 1.86. The van der Waals surface area contributed by atoms with Gasteiger partial charge in [0.1, 0.15) is 4.90 Å². The molecule has 0 bridgehead atoms. The average Bonchev–Trinajstić information content (AvgIpc) is 2.97. The van der Waals surface area contributed by atoms with Crippen LogP contribution < -0.4 is 5.73 Å². The molecule has 0 amide bonds. The van der Waals surface area contributed by atoms with Gasteiger partial charge in [0.05, 0.1) is 13.2 Å². The Bertz CT molecular complexity index is 596. The molecule has 8 nitrogen and oxygen atoms in total. The number of rotatable bonds is 2. The van der Waals surface area contributed by atoms with Gasteiger partial charge in [-0.15, -0.1) is 0 Å². The lowest BCUT2D eigenvalue weighted by Crippen LogP contribution is -2.47. The van der Waals surface area contributed by atoms with E-state index in [9.17, 15) is 8.42 Å². The van der Waals surface area contributed by atoms with Crippen LogP contribution in [-0.4, -0.2) is 54.6 Å². The Morgan fingerprint density at radius 2 is 1.90 bits per heavy atom. The third kappa shape index (κ3) is 2.20. The lowest BCUT2D eigenvalue weighted by molar-refractivity contribution is -0.179. The Hall–Kier alpha value is -1.16. The second-order valence-electron chi connectivity index (χ2n) is 5.06. The van der Waals surface area contributed by atoms with E-state index in [2.05, 4.69) is 5.10 Å². The molecule has 2 aliphatic heterocycles. The van der Waals surface area contributed by atoms with E-state index in [1.807, 2.05) is 0 Å². The van der Waals surface area contributed by atoms with Crippen molar-refractivity contribution in [1.29, 1.82) is 0 Å². The average molecular weight is 302 g/mol. The van der Waals surface area contributed by atoms with Crippen LogP contribution in [0, 0.1) is 0 Å². The van der Waals surface area contributed by atoms with Crippen LogP contribution in [0.15, 0.2) is 11.1 Å². The van der Waals surface area contributed by atoms with E-state index in [4.69, 9.17) is 15.2 Å². The van der Waals surface area contributed by atoms with Crippen molar-refractivity contribution in [3.63, 3.8) is 0 Å². The van der Waals surface area contributed by atoms with Crippen molar-refractivity contribution < 1.29 is 17.9 Å². The Labute approximate surface area is 117 Å². The number of hydrogen-bond acceptors (Lipinski definition) is 6. The topological polar surface area (TPSA) is 99.7 Å². The number of nitrogens with zero attached hydrogens (tertiary/aromatic N) is 3. The molecule has 9 heteroatoms. The molecule has 0 unspecified atom stereocenters. The van der Waals surface area contributed by atoms with Crippen molar-refractivity contribution in [2.45, 2.75) is 23.5 Å². The normalized spacial score (nSPS) is 23.4. The summed E-state index contributed by atoms with van der Waals surface area (Å²) in [5.41, 5.74) is 5.66. The highest BCUT2D eigenvalue weighted by Gasteiger charge is 2.43. The molecule has 0 atom stereocenters. The smallest absolute Gasteiger partial charge is 0.248 e. The van der Waals surface area contributed by atoms with Crippen LogP contribution in [0.1, 0.15) is 12.8 Å². The van der Waals surface area contributed by atoms with Crippen molar-refractivity contribution >= 4 is 15.8 Å². The van der Waals surface area contributed by atoms with Crippen molar-refractivity contribution in [3.8, 4) is 0 Å². The number of hydrogen-bond donors (Lipinski definition) is 1. The van der Waals surface area contributed by atoms with Gasteiger partial charge in [-0.2, -0.15) is 9.40 Å². The van der Waals surface area contributed by atoms with Gasteiger partial charge in [0.2, 0.25) is 10.0 Å². The third-order valence-corrected chi connectivity index (χ3v) is 5.65. The number of aromatic nitrogens is 2. The molecule has 1 aromatic heterocycles. The van der Waals surface area contributed by atoms with Gasteiger partial charge >= 0.3 is 0 Å². The summed E-state index contributed by atoms with van der Waals surface area (Å²) in [5, 5.41) is 3.88. The fourth-order valence-electron chi connectivity index (χ4n) is 2.67. The fourth-order valence-corrected chi connectivity index (χ4v) is 4.21. The van der Waals surface area contributed by atoms with Gasteiger partial charge in [-0.25, -0.2) is 8.42 Å². The first-order valence-corrected chi connectivity index (χ1v) is 7.94. The fraction of sp³-hybridized carbons (Fsp3) is 0.727. The Morgan fingerprint density at radius 3 is 2.40 bits per heavy atom. The zero-order valence-electron chi connectivity index (χ0n) is 11.3. The maximum atomic E-state index is 12.5. The highest BCUT2D eigenvalue weighted by atomic mass is 32.2. The van der Waals surface area contributed by atoms with Crippen molar-refractivity contribution in [2.24, 2.45) is 7.05 Å². The quantitative estimate of drug-likeness (QED) is 0.793. The van der Waals surface area contributed by atoms with E-state index in [1.54, 1.807) is 7.05 Å². The summed E-state index contributed by atoms with van der Waals surface area (Å²) in [5.74, 6) is -0.562. The number of nitrogen functional groups attached to an aromatic ring is 1. The van der Waals surface area contributed by atoms with Crippen LogP contribution in [0.25, 0.3) is 0 Å². The molecule has 1 aromatic rings. The van der Waals surface area contributed by atoms with Crippen molar-refractivity contribution in [1.82, 2.24) is 14.1 Å². The molecule has 2 saturated heterocycles. The molecule has 0 aliphatic carbocycles. The maximum Gasteiger partial charge on any atom is 0.248 e. The first-order valence-electron chi connectivity index (χ1n) is 6.50. The minimum absolute atomic E-state index is 0.0288. The molecular weight excluding hydrogens is 284 g/mol. The maximum absolute atomic E-state index is 12.5. The van der Waals surface area contributed by atoms with Gasteiger partial charge in [0.25, 0.3) is 0 Å². The summed E-state index contributed by atoms with van der Waals surface area (Å²) in [7, 11) is -1.96. The van der Waals surface area contributed by atoms with Crippen molar-refractivity contribution in [2.75, 3.05) is 32.0 Å². The van der Waals surface area contributed by atoms with Gasteiger partial charge in [-0.05, 0) is 0 Å². The first-order chi connectivity index (χ1) is 9.43. The minimum Gasteiger partial charge on any atom is -0.381 e. The molecule has 112 valence electrons. The molecule has 0 radical (unpaired) electrons. The van der Waals surface area contributed by atoms with Crippen LogP contribution in [-0.2, 0) is 26.5 Å². The van der Waals surface area contributed by atoms with Gasteiger partial charge in [-0.3, -0.25) is 4.68 Å². The second-order valence-corrected chi connectivity index (χ2v) is 6.97. The highest BCUT2D eigenvalue weighted by Crippen LogP contribution is 2.33. The van der Waals surface area contributed by atoms with Gasteiger partial charge in [0, 0.05) is 39.2 Å². The molecule has 2 N–H and O–H groups in total. The number of nitrogens with two attached hydrogens (primary N) is 1. The van der Waals surface area contributed by atoms with Crippen LogP contribution in [0.2, 0.25) is 0 Å². The predicted octanol–water partition coefficient (Wildman–Crippen LogP) is -0.470. The summed E-state index contributed by atoms with van der Waals surface area (Å²) in [6, 6.07) is 0. The predicted molar refractivity (Wildman–Crippen MR) is 70.2 cm³/mol. The minimum atomic E-state index is -3.60. The number of sulfonamides is 1. The van der Waals surface area contributed by atoms with Gasteiger partial charge < -0.3 is 15.2 Å². The zero-order valence-corrected chi connectivity index (χ0v) is 12.1. The van der Waals surface area contributed by atoms with E-state index in [0.29, 0.717) is 39.1 Å². The number of anilines is 1. The SMILES string of the molecule is Cn1cc(S(=O)(=O)N2CCC3(CC2)OCCO3)c(N)n1. The van der Waals surface area contributed by atoms with Crippen LogP contribution in [0.4, 0.5) is 5.82 Å². The highest BCUT2D eigenvalue weighted by molar-refractivity contribution is 7.89. The van der Waals surface area contributed by atoms with Gasteiger partial charge in [0.15, 0.2) is 11.6 Å². The van der Waals surface area contributed by atoms with E-state index >= 15 is 0 Å². The standard InChI is InChI=1S/C11H18N4O4S/c1-14-8-9(10(12)13-14)20(16,17)15-4-2-11(3-5-15)18-6-7-19-11/h8H,2-7H2,1H3,(H2,12,13). The Kier molecular flexibility index (Phi) is 3.24. The molecule has 2 aliphatic rings. The number of piperidine rings is 1. The summed E-state index contributed by atoms with van der Waals surface area (Å²) >= 11 is 0. The third-order valence-electron chi connectivity index (χ3n) is 3.74. The molecule has 1 spiro atoms. The van der Waals surface area contributed by atoms with E-state index in [0.717, 1.165) is 0 Å². The molecule has 0 aromatic carbocycles.